The molecule has 116 valence electrons. The molecule has 0 unspecified atom stereocenters. The van der Waals surface area contributed by atoms with Crippen LogP contribution in [0.25, 0.3) is 11.4 Å². The van der Waals surface area contributed by atoms with E-state index < -0.39 is 5.54 Å². The summed E-state index contributed by atoms with van der Waals surface area (Å²) >= 11 is 5.87. The molecule has 0 aliphatic carbocycles. The van der Waals surface area contributed by atoms with Crippen LogP contribution in [0.1, 0.15) is 30.0 Å². The summed E-state index contributed by atoms with van der Waals surface area (Å²) < 4.78 is 0. The minimum Gasteiger partial charge on any atom is -0.394 e. The molecule has 0 radical (unpaired) electrons. The molecule has 0 atom stereocenters. The van der Waals surface area contributed by atoms with E-state index in [0.717, 1.165) is 5.56 Å². The number of carbonyl (C=O) groups excluding carboxylic acids is 1. The van der Waals surface area contributed by atoms with Crippen LogP contribution in [0.2, 0.25) is 5.02 Å². The van der Waals surface area contributed by atoms with Gasteiger partial charge < -0.3 is 10.4 Å². The van der Waals surface area contributed by atoms with Gasteiger partial charge in [-0.05, 0) is 51.1 Å². The summed E-state index contributed by atoms with van der Waals surface area (Å²) in [4.78, 5) is 20.9. The third kappa shape index (κ3) is 4.02. The molecular weight excluding hydrogens is 302 g/mol. The maximum Gasteiger partial charge on any atom is 0.270 e. The third-order valence-corrected chi connectivity index (χ3v) is 3.29. The van der Waals surface area contributed by atoms with Crippen molar-refractivity contribution in [1.29, 1.82) is 0 Å². The molecule has 5 nitrogen and oxygen atoms in total. The topological polar surface area (TPSA) is 75.1 Å². The minimum atomic E-state index is -0.712. The van der Waals surface area contributed by atoms with Gasteiger partial charge in [-0.2, -0.15) is 0 Å². The summed E-state index contributed by atoms with van der Waals surface area (Å²) in [6.45, 7) is 5.11. The molecule has 1 heterocycles. The fourth-order valence-electron chi connectivity index (χ4n) is 1.82. The van der Waals surface area contributed by atoms with Crippen molar-refractivity contribution in [3.63, 3.8) is 0 Å². The molecule has 1 aromatic carbocycles. The van der Waals surface area contributed by atoms with Gasteiger partial charge in [-0.1, -0.05) is 11.6 Å². The predicted molar refractivity (Wildman–Crippen MR) is 85.8 cm³/mol. The summed E-state index contributed by atoms with van der Waals surface area (Å²) in [7, 11) is 0. The summed E-state index contributed by atoms with van der Waals surface area (Å²) in [5, 5.41) is 12.6. The van der Waals surface area contributed by atoms with E-state index in [1.807, 2.05) is 0 Å². The van der Waals surface area contributed by atoms with E-state index in [0.29, 0.717) is 16.5 Å². The van der Waals surface area contributed by atoms with E-state index in [9.17, 15) is 9.90 Å². The maximum absolute atomic E-state index is 12.3. The molecule has 0 aliphatic rings. The zero-order chi connectivity index (χ0) is 16.3. The van der Waals surface area contributed by atoms with Crippen molar-refractivity contribution in [1.82, 2.24) is 15.3 Å². The standard InChI is InChI=1S/C16H18ClN3O2/c1-10-8-13(15(22)20-16(2,3)9-21)19-14(18-10)11-4-6-12(17)7-5-11/h4-8,21H,9H2,1-3H3,(H,20,22). The lowest BCUT2D eigenvalue weighted by atomic mass is 10.1. The molecule has 0 saturated carbocycles. The van der Waals surface area contributed by atoms with Crippen molar-refractivity contribution in [2.75, 3.05) is 6.61 Å². The summed E-state index contributed by atoms with van der Waals surface area (Å²) in [5.41, 5.74) is 1.02. The molecule has 0 spiro atoms. The van der Waals surface area contributed by atoms with Crippen LogP contribution < -0.4 is 5.32 Å². The SMILES string of the molecule is Cc1cc(C(=O)NC(C)(C)CO)nc(-c2ccc(Cl)cc2)n1. The lowest BCUT2D eigenvalue weighted by Crippen LogP contribution is -2.46. The number of aryl methyl sites for hydroxylation is 1. The zero-order valence-electron chi connectivity index (χ0n) is 12.7. The first-order chi connectivity index (χ1) is 10.3. The molecule has 0 aliphatic heterocycles. The zero-order valence-corrected chi connectivity index (χ0v) is 13.5. The number of carbonyl (C=O) groups is 1. The predicted octanol–water partition coefficient (Wildman–Crippen LogP) is 2.61. The normalized spacial score (nSPS) is 11.3. The highest BCUT2D eigenvalue weighted by Gasteiger charge is 2.21. The first-order valence-corrected chi connectivity index (χ1v) is 7.23. The fraction of sp³-hybridized carbons (Fsp3) is 0.312. The molecule has 6 heteroatoms. The van der Waals surface area contributed by atoms with E-state index in [1.54, 1.807) is 51.1 Å². The van der Waals surface area contributed by atoms with Crippen LogP contribution in [-0.2, 0) is 0 Å². The lowest BCUT2D eigenvalue weighted by molar-refractivity contribution is 0.0864. The average molecular weight is 320 g/mol. The van der Waals surface area contributed by atoms with Crippen LogP contribution in [-0.4, -0.2) is 33.1 Å². The van der Waals surface area contributed by atoms with Gasteiger partial charge in [0.25, 0.3) is 5.91 Å². The highest BCUT2D eigenvalue weighted by atomic mass is 35.5. The van der Waals surface area contributed by atoms with Crippen LogP contribution in [0, 0.1) is 6.92 Å². The van der Waals surface area contributed by atoms with Crippen molar-refractivity contribution in [3.8, 4) is 11.4 Å². The van der Waals surface area contributed by atoms with Gasteiger partial charge in [0.2, 0.25) is 0 Å². The second kappa shape index (κ2) is 6.42. The molecule has 0 saturated heterocycles. The van der Waals surface area contributed by atoms with Crippen LogP contribution in [0.3, 0.4) is 0 Å². The molecule has 2 aromatic rings. The quantitative estimate of drug-likeness (QED) is 0.908. The van der Waals surface area contributed by atoms with Gasteiger partial charge in [0, 0.05) is 16.3 Å². The third-order valence-electron chi connectivity index (χ3n) is 3.04. The molecule has 0 bridgehead atoms. The van der Waals surface area contributed by atoms with Gasteiger partial charge in [-0.3, -0.25) is 4.79 Å². The van der Waals surface area contributed by atoms with E-state index in [1.165, 1.54) is 0 Å². The summed E-state index contributed by atoms with van der Waals surface area (Å²) in [6, 6.07) is 8.71. The number of halogens is 1. The van der Waals surface area contributed by atoms with Crippen LogP contribution in [0.4, 0.5) is 0 Å². The number of nitrogens with one attached hydrogen (secondary N) is 1. The van der Waals surface area contributed by atoms with Crippen LogP contribution in [0.5, 0.6) is 0 Å². The molecule has 1 aromatic heterocycles. The smallest absolute Gasteiger partial charge is 0.270 e. The van der Waals surface area contributed by atoms with Crippen molar-refractivity contribution < 1.29 is 9.90 Å². The number of amides is 1. The number of hydrogen-bond donors (Lipinski definition) is 2. The van der Waals surface area contributed by atoms with Gasteiger partial charge in [-0.15, -0.1) is 0 Å². The Kier molecular flexibility index (Phi) is 4.78. The van der Waals surface area contributed by atoms with E-state index in [-0.39, 0.29) is 18.2 Å². The Morgan fingerprint density at radius 1 is 1.27 bits per heavy atom. The van der Waals surface area contributed by atoms with Gasteiger partial charge in [0.15, 0.2) is 5.82 Å². The lowest BCUT2D eigenvalue weighted by Gasteiger charge is -2.23. The number of nitrogens with zero attached hydrogens (tertiary/aromatic N) is 2. The van der Waals surface area contributed by atoms with Crippen molar-refractivity contribution in [3.05, 3.63) is 46.7 Å². The maximum atomic E-state index is 12.3. The first-order valence-electron chi connectivity index (χ1n) is 6.86. The number of aliphatic hydroxyl groups is 1. The van der Waals surface area contributed by atoms with Gasteiger partial charge >= 0.3 is 0 Å². The molecule has 2 rings (SSSR count). The number of rotatable bonds is 4. The van der Waals surface area contributed by atoms with Crippen LogP contribution in [0.15, 0.2) is 30.3 Å². The summed E-state index contributed by atoms with van der Waals surface area (Å²) in [6.07, 6.45) is 0. The Balaban J connectivity index is 2.34. The molecule has 2 N–H and O–H groups in total. The molecular formula is C16H18ClN3O2. The van der Waals surface area contributed by atoms with Crippen molar-refractivity contribution >= 4 is 17.5 Å². The van der Waals surface area contributed by atoms with Gasteiger partial charge in [0.1, 0.15) is 5.69 Å². The van der Waals surface area contributed by atoms with E-state index in [4.69, 9.17) is 11.6 Å². The van der Waals surface area contributed by atoms with E-state index >= 15 is 0 Å². The first kappa shape index (κ1) is 16.4. The Morgan fingerprint density at radius 3 is 2.50 bits per heavy atom. The number of hydrogen-bond acceptors (Lipinski definition) is 4. The number of aliphatic hydroxyl groups excluding tert-OH is 1. The monoisotopic (exact) mass is 319 g/mol. The Morgan fingerprint density at radius 2 is 1.91 bits per heavy atom. The van der Waals surface area contributed by atoms with Gasteiger partial charge in [-0.25, -0.2) is 9.97 Å². The van der Waals surface area contributed by atoms with Crippen molar-refractivity contribution in [2.24, 2.45) is 0 Å². The largest absolute Gasteiger partial charge is 0.394 e. The molecule has 0 fully saturated rings. The second-order valence-corrected chi connectivity index (χ2v) is 6.16. The molecule has 1 amide bonds. The summed E-state index contributed by atoms with van der Waals surface area (Å²) in [5.74, 6) is 0.114. The highest BCUT2D eigenvalue weighted by molar-refractivity contribution is 6.30. The van der Waals surface area contributed by atoms with Gasteiger partial charge in [0.05, 0.1) is 12.1 Å². The highest BCUT2D eigenvalue weighted by Crippen LogP contribution is 2.19. The Labute approximate surface area is 134 Å². The molecule has 22 heavy (non-hydrogen) atoms. The Hall–Kier alpha value is -1.98. The Bertz CT molecular complexity index is 684. The number of aromatic nitrogens is 2. The van der Waals surface area contributed by atoms with E-state index in [2.05, 4.69) is 15.3 Å². The minimum absolute atomic E-state index is 0.160. The van der Waals surface area contributed by atoms with Crippen molar-refractivity contribution in [2.45, 2.75) is 26.3 Å². The fourth-order valence-corrected chi connectivity index (χ4v) is 1.95. The van der Waals surface area contributed by atoms with Crippen LogP contribution >= 0.6 is 11.6 Å². The number of benzene rings is 1. The average Bonchev–Trinajstić information content (AvgIpc) is 2.47. The second-order valence-electron chi connectivity index (χ2n) is 5.72.